The second-order valence-corrected chi connectivity index (χ2v) is 5.86. The van der Waals surface area contributed by atoms with Crippen LogP contribution in [0, 0.1) is 0 Å². The van der Waals surface area contributed by atoms with Gasteiger partial charge in [0.2, 0.25) is 5.91 Å². The van der Waals surface area contributed by atoms with Crippen molar-refractivity contribution >= 4 is 11.7 Å². The second kappa shape index (κ2) is 7.76. The molecule has 0 aliphatic carbocycles. The predicted molar refractivity (Wildman–Crippen MR) is 96.0 cm³/mol. The molecular weight excluding hydrogens is 316 g/mol. The number of amides is 1. The van der Waals surface area contributed by atoms with Crippen LogP contribution >= 0.6 is 0 Å². The van der Waals surface area contributed by atoms with Gasteiger partial charge in [-0.2, -0.15) is 5.10 Å². The van der Waals surface area contributed by atoms with Gasteiger partial charge in [-0.3, -0.25) is 4.79 Å². The van der Waals surface area contributed by atoms with Gasteiger partial charge < -0.3 is 15.6 Å². The van der Waals surface area contributed by atoms with Crippen molar-refractivity contribution in [3.05, 3.63) is 66.4 Å². The van der Waals surface area contributed by atoms with Crippen molar-refractivity contribution in [1.29, 1.82) is 0 Å². The summed E-state index contributed by atoms with van der Waals surface area (Å²) in [6.07, 6.45) is 5.72. The summed E-state index contributed by atoms with van der Waals surface area (Å²) >= 11 is 0. The third kappa shape index (κ3) is 4.33. The fourth-order valence-corrected chi connectivity index (χ4v) is 2.62. The third-order valence-electron chi connectivity index (χ3n) is 3.93. The first-order valence-corrected chi connectivity index (χ1v) is 8.28. The molecule has 0 spiro atoms. The number of carbonyl (C=O) groups excluding carboxylic acids is 1. The molecular formula is C18H22N6O. The lowest BCUT2D eigenvalue weighted by molar-refractivity contribution is -0.117. The average Bonchev–Trinajstić information content (AvgIpc) is 3.25. The molecule has 1 amide bonds. The number of aromatic nitrogens is 4. The zero-order valence-corrected chi connectivity index (χ0v) is 14.2. The molecule has 1 atom stereocenters. The first-order valence-electron chi connectivity index (χ1n) is 8.28. The van der Waals surface area contributed by atoms with E-state index in [1.165, 1.54) is 5.56 Å². The van der Waals surface area contributed by atoms with E-state index in [2.05, 4.69) is 27.5 Å². The van der Waals surface area contributed by atoms with Crippen LogP contribution in [0.1, 0.15) is 18.2 Å². The molecule has 2 aromatic heterocycles. The van der Waals surface area contributed by atoms with Gasteiger partial charge in [-0.25, -0.2) is 9.67 Å². The third-order valence-corrected chi connectivity index (χ3v) is 3.93. The number of nitrogens with two attached hydrogens (primary N) is 1. The Morgan fingerprint density at radius 1 is 1.28 bits per heavy atom. The molecule has 0 aliphatic rings. The van der Waals surface area contributed by atoms with Crippen molar-refractivity contribution in [3.63, 3.8) is 0 Å². The molecule has 0 fully saturated rings. The molecule has 3 rings (SSSR count). The highest BCUT2D eigenvalue weighted by molar-refractivity contribution is 5.94. The van der Waals surface area contributed by atoms with E-state index < -0.39 is 6.04 Å². The van der Waals surface area contributed by atoms with Crippen molar-refractivity contribution < 1.29 is 4.79 Å². The first kappa shape index (κ1) is 16.9. The molecule has 3 N–H and O–H groups in total. The molecule has 7 nitrogen and oxygen atoms in total. The first-order chi connectivity index (χ1) is 12.2. The van der Waals surface area contributed by atoms with E-state index in [1.807, 2.05) is 35.9 Å². The molecule has 2 heterocycles. The van der Waals surface area contributed by atoms with Crippen LogP contribution in [0.3, 0.4) is 0 Å². The number of benzene rings is 1. The van der Waals surface area contributed by atoms with Gasteiger partial charge in [-0.05, 0) is 12.5 Å². The van der Waals surface area contributed by atoms with E-state index in [9.17, 15) is 4.79 Å². The molecule has 0 saturated carbocycles. The largest absolute Gasteiger partial charge is 0.333 e. The number of imidazole rings is 1. The smallest absolute Gasteiger partial charge is 0.242 e. The zero-order valence-electron chi connectivity index (χ0n) is 14.2. The van der Waals surface area contributed by atoms with Crippen LogP contribution in [-0.2, 0) is 24.3 Å². The summed E-state index contributed by atoms with van der Waals surface area (Å²) in [4.78, 5) is 16.6. The SMILES string of the molecule is CCn1nccc1NC(=O)[C@@H](N)Cc1cn(Cc2ccccc2)cn1. The molecule has 3 aromatic rings. The fourth-order valence-electron chi connectivity index (χ4n) is 2.62. The number of anilines is 1. The van der Waals surface area contributed by atoms with Crippen molar-refractivity contribution in [2.75, 3.05) is 5.32 Å². The molecule has 0 aliphatic heterocycles. The van der Waals surface area contributed by atoms with E-state index in [0.29, 0.717) is 18.8 Å². The highest BCUT2D eigenvalue weighted by Crippen LogP contribution is 2.08. The van der Waals surface area contributed by atoms with E-state index >= 15 is 0 Å². The molecule has 0 saturated heterocycles. The minimum absolute atomic E-state index is 0.243. The van der Waals surface area contributed by atoms with E-state index in [0.717, 1.165) is 12.2 Å². The molecule has 0 unspecified atom stereocenters. The molecule has 0 radical (unpaired) electrons. The predicted octanol–water partition coefficient (Wildman–Crippen LogP) is 1.66. The normalized spacial score (nSPS) is 12.1. The standard InChI is InChI=1S/C18H22N6O/c1-2-24-17(8-9-21-24)22-18(25)16(19)10-15-12-23(13-20-15)11-14-6-4-3-5-7-14/h3-9,12-13,16H,2,10-11,19H2,1H3,(H,22,25)/t16-/m0/s1. The van der Waals surface area contributed by atoms with Gasteiger partial charge in [0.25, 0.3) is 0 Å². The van der Waals surface area contributed by atoms with Crippen LogP contribution < -0.4 is 11.1 Å². The lowest BCUT2D eigenvalue weighted by Crippen LogP contribution is -2.38. The van der Waals surface area contributed by atoms with Gasteiger partial charge in [0.05, 0.1) is 24.3 Å². The Morgan fingerprint density at radius 2 is 2.08 bits per heavy atom. The highest BCUT2D eigenvalue weighted by atomic mass is 16.2. The Labute approximate surface area is 146 Å². The molecule has 0 bridgehead atoms. The number of aryl methyl sites for hydroxylation is 1. The number of hydrogen-bond donors (Lipinski definition) is 2. The van der Waals surface area contributed by atoms with Crippen molar-refractivity contribution in [2.24, 2.45) is 5.73 Å². The van der Waals surface area contributed by atoms with E-state index in [1.54, 1.807) is 23.3 Å². The average molecular weight is 338 g/mol. The van der Waals surface area contributed by atoms with Gasteiger partial charge in [-0.1, -0.05) is 30.3 Å². The second-order valence-electron chi connectivity index (χ2n) is 5.86. The maximum Gasteiger partial charge on any atom is 0.242 e. The number of rotatable bonds is 7. The van der Waals surface area contributed by atoms with Crippen molar-refractivity contribution in [3.8, 4) is 0 Å². The highest BCUT2D eigenvalue weighted by Gasteiger charge is 2.17. The minimum Gasteiger partial charge on any atom is -0.333 e. The maximum absolute atomic E-state index is 12.3. The van der Waals surface area contributed by atoms with Gasteiger partial charge >= 0.3 is 0 Å². The summed E-state index contributed by atoms with van der Waals surface area (Å²) in [6, 6.07) is 11.2. The lowest BCUT2D eigenvalue weighted by atomic mass is 10.1. The minimum atomic E-state index is -0.666. The molecule has 130 valence electrons. The van der Waals surface area contributed by atoms with Crippen molar-refractivity contribution in [1.82, 2.24) is 19.3 Å². The topological polar surface area (TPSA) is 90.8 Å². The van der Waals surface area contributed by atoms with Gasteiger partial charge in [-0.15, -0.1) is 0 Å². The van der Waals surface area contributed by atoms with Crippen LogP contribution in [0.15, 0.2) is 55.1 Å². The Balaban J connectivity index is 1.57. The number of hydrogen-bond acceptors (Lipinski definition) is 4. The summed E-state index contributed by atoms with van der Waals surface area (Å²) in [6.45, 7) is 3.38. The maximum atomic E-state index is 12.3. The van der Waals surface area contributed by atoms with Gasteiger partial charge in [0, 0.05) is 31.8 Å². The number of carbonyl (C=O) groups is 1. The Kier molecular flexibility index (Phi) is 5.25. The van der Waals surface area contributed by atoms with Crippen LogP contribution in [0.4, 0.5) is 5.82 Å². The van der Waals surface area contributed by atoms with E-state index in [-0.39, 0.29) is 5.91 Å². The summed E-state index contributed by atoms with van der Waals surface area (Å²) in [5, 5.41) is 6.93. The Morgan fingerprint density at radius 3 is 2.84 bits per heavy atom. The van der Waals surface area contributed by atoms with Crippen LogP contribution in [0.2, 0.25) is 0 Å². The monoisotopic (exact) mass is 338 g/mol. The molecule has 1 aromatic carbocycles. The number of nitrogens with one attached hydrogen (secondary N) is 1. The Hall–Kier alpha value is -2.93. The Bertz CT molecular complexity index is 823. The van der Waals surface area contributed by atoms with Crippen LogP contribution in [0.5, 0.6) is 0 Å². The molecule has 7 heteroatoms. The van der Waals surface area contributed by atoms with E-state index in [4.69, 9.17) is 5.73 Å². The summed E-state index contributed by atoms with van der Waals surface area (Å²) < 4.78 is 3.70. The summed E-state index contributed by atoms with van der Waals surface area (Å²) in [5.74, 6) is 0.408. The zero-order chi connectivity index (χ0) is 17.6. The fraction of sp³-hybridized carbons (Fsp3) is 0.278. The van der Waals surface area contributed by atoms with Gasteiger partial charge in [0.15, 0.2) is 0 Å². The number of nitrogens with zero attached hydrogens (tertiary/aromatic N) is 4. The lowest BCUT2D eigenvalue weighted by Gasteiger charge is -2.11. The van der Waals surface area contributed by atoms with Crippen LogP contribution in [0.25, 0.3) is 0 Å². The quantitative estimate of drug-likeness (QED) is 0.685. The summed E-state index contributed by atoms with van der Waals surface area (Å²) in [7, 11) is 0. The summed E-state index contributed by atoms with van der Waals surface area (Å²) in [5.41, 5.74) is 8.02. The van der Waals surface area contributed by atoms with Gasteiger partial charge in [0.1, 0.15) is 5.82 Å². The van der Waals surface area contributed by atoms with Crippen LogP contribution in [-0.4, -0.2) is 31.3 Å². The molecule has 25 heavy (non-hydrogen) atoms. The van der Waals surface area contributed by atoms with Crippen molar-refractivity contribution in [2.45, 2.75) is 32.5 Å².